The third-order valence-electron chi connectivity index (χ3n) is 5.52. The minimum absolute atomic E-state index is 0.00713. The number of amides is 1. The zero-order valence-corrected chi connectivity index (χ0v) is 21.2. The molecule has 3 rings (SSSR count). The predicted molar refractivity (Wildman–Crippen MR) is 138 cm³/mol. The zero-order valence-electron chi connectivity index (χ0n) is 20.5. The highest BCUT2D eigenvalue weighted by atomic mass is 35.5. The number of carbonyl (C=O) groups excluding carboxylic acids is 2. The van der Waals surface area contributed by atoms with Gasteiger partial charge in [-0.05, 0) is 54.7 Å². The van der Waals surface area contributed by atoms with Gasteiger partial charge in [-0.15, -0.1) is 0 Å². The molecule has 0 saturated carbocycles. The number of anilines is 1. The van der Waals surface area contributed by atoms with Crippen LogP contribution in [0.15, 0.2) is 54.9 Å². The monoisotopic (exact) mass is 494 g/mol. The summed E-state index contributed by atoms with van der Waals surface area (Å²) >= 11 is 6.02. The van der Waals surface area contributed by atoms with Crippen molar-refractivity contribution in [2.45, 2.75) is 39.7 Å². The molecule has 2 aromatic heterocycles. The summed E-state index contributed by atoms with van der Waals surface area (Å²) in [6.45, 7) is 6.61. The first-order valence-electron chi connectivity index (χ1n) is 11.6. The summed E-state index contributed by atoms with van der Waals surface area (Å²) in [6.07, 6.45) is 4.44. The van der Waals surface area contributed by atoms with Gasteiger partial charge in [-0.25, -0.2) is 4.98 Å². The number of aryl methyl sites for hydroxylation is 1. The average Bonchev–Trinajstić information content (AvgIpc) is 2.84. The van der Waals surface area contributed by atoms with E-state index in [2.05, 4.69) is 47.2 Å². The van der Waals surface area contributed by atoms with E-state index < -0.39 is 0 Å². The molecule has 8 heteroatoms. The van der Waals surface area contributed by atoms with Gasteiger partial charge in [-0.3, -0.25) is 14.6 Å². The fraction of sp³-hybridized carbons (Fsp3) is 0.333. The third kappa shape index (κ3) is 7.52. The number of hydrogen-bond donors (Lipinski definition) is 2. The molecule has 0 saturated heterocycles. The first kappa shape index (κ1) is 26.2. The van der Waals surface area contributed by atoms with E-state index in [0.29, 0.717) is 22.3 Å². The molecule has 1 aromatic carbocycles. The number of halogens is 1. The fourth-order valence-corrected chi connectivity index (χ4v) is 3.85. The highest BCUT2D eigenvalue weighted by molar-refractivity contribution is 6.30. The molecule has 0 spiro atoms. The maximum Gasteiger partial charge on any atom is 0.307 e. The van der Waals surface area contributed by atoms with E-state index in [1.165, 1.54) is 13.3 Å². The number of pyridine rings is 2. The van der Waals surface area contributed by atoms with Crippen LogP contribution in [-0.4, -0.2) is 35.5 Å². The molecule has 1 unspecified atom stereocenters. The second kappa shape index (κ2) is 12.3. The number of methoxy groups -OCH3 is 1. The molecule has 1 amide bonds. The highest BCUT2D eigenvalue weighted by Gasteiger charge is 2.17. The smallest absolute Gasteiger partial charge is 0.307 e. The van der Waals surface area contributed by atoms with Crippen LogP contribution in [0.4, 0.5) is 5.82 Å². The minimum Gasteiger partial charge on any atom is -0.469 e. The van der Waals surface area contributed by atoms with Crippen molar-refractivity contribution < 1.29 is 14.3 Å². The van der Waals surface area contributed by atoms with Crippen molar-refractivity contribution in [3.8, 4) is 11.3 Å². The van der Waals surface area contributed by atoms with E-state index in [1.807, 2.05) is 30.5 Å². The van der Waals surface area contributed by atoms with Gasteiger partial charge >= 0.3 is 5.97 Å². The van der Waals surface area contributed by atoms with Gasteiger partial charge in [0.05, 0.1) is 30.8 Å². The van der Waals surface area contributed by atoms with Gasteiger partial charge < -0.3 is 15.4 Å². The number of ether oxygens (including phenoxy) is 1. The van der Waals surface area contributed by atoms with E-state index in [9.17, 15) is 9.59 Å². The average molecular weight is 495 g/mol. The number of nitrogens with zero attached hydrogens (tertiary/aromatic N) is 2. The summed E-state index contributed by atoms with van der Waals surface area (Å²) in [5.41, 5.74) is 4.52. The second-order valence-electron chi connectivity index (χ2n) is 8.78. The van der Waals surface area contributed by atoms with Gasteiger partial charge in [0, 0.05) is 29.5 Å². The highest BCUT2D eigenvalue weighted by Crippen LogP contribution is 2.29. The summed E-state index contributed by atoms with van der Waals surface area (Å²) in [6, 6.07) is 13.3. The molecule has 0 fully saturated rings. The van der Waals surface area contributed by atoms with Gasteiger partial charge in [0.15, 0.2) is 0 Å². The Morgan fingerprint density at radius 2 is 1.80 bits per heavy atom. The first-order chi connectivity index (χ1) is 16.8. The maximum atomic E-state index is 12.3. The Kier molecular flexibility index (Phi) is 9.20. The van der Waals surface area contributed by atoms with Gasteiger partial charge in [-0.1, -0.05) is 43.6 Å². The normalized spacial score (nSPS) is 11.7. The summed E-state index contributed by atoms with van der Waals surface area (Å²) in [5, 5.41) is 6.88. The number of esters is 1. The summed E-state index contributed by atoms with van der Waals surface area (Å²) in [7, 11) is 1.32. The maximum absolute atomic E-state index is 12.3. The third-order valence-corrected chi connectivity index (χ3v) is 5.77. The fourth-order valence-electron chi connectivity index (χ4n) is 3.72. The van der Waals surface area contributed by atoms with Crippen LogP contribution in [0.1, 0.15) is 54.2 Å². The van der Waals surface area contributed by atoms with Crippen molar-refractivity contribution in [2.75, 3.05) is 19.0 Å². The molecule has 1 atom stereocenters. The molecule has 0 radical (unpaired) electrons. The van der Waals surface area contributed by atoms with Gasteiger partial charge in [0.25, 0.3) is 5.91 Å². The molecule has 35 heavy (non-hydrogen) atoms. The van der Waals surface area contributed by atoms with Crippen LogP contribution in [0.25, 0.3) is 11.3 Å². The molecule has 3 aromatic rings. The number of rotatable bonds is 10. The molecule has 7 nitrogen and oxygen atoms in total. The molecular weight excluding hydrogens is 464 g/mol. The van der Waals surface area contributed by atoms with Crippen LogP contribution in [0.2, 0.25) is 5.02 Å². The van der Waals surface area contributed by atoms with Crippen molar-refractivity contribution in [1.82, 2.24) is 15.3 Å². The van der Waals surface area contributed by atoms with E-state index in [4.69, 9.17) is 16.6 Å². The summed E-state index contributed by atoms with van der Waals surface area (Å²) < 4.78 is 4.57. The SMILES string of the molecule is COC(=O)CCNC(=O)c1ccc(NC(CC(C)C)c2cnc(-c3ccc(Cl)cc3)c(C)c2)nc1. The molecule has 2 N–H and O–H groups in total. The Morgan fingerprint density at radius 3 is 2.40 bits per heavy atom. The lowest BCUT2D eigenvalue weighted by Crippen LogP contribution is -2.26. The van der Waals surface area contributed by atoms with Crippen molar-refractivity contribution in [2.24, 2.45) is 5.92 Å². The van der Waals surface area contributed by atoms with Crippen LogP contribution >= 0.6 is 11.6 Å². The lowest BCUT2D eigenvalue weighted by atomic mass is 9.96. The molecule has 0 bridgehead atoms. The number of aromatic nitrogens is 2. The molecule has 184 valence electrons. The number of nitrogens with one attached hydrogen (secondary N) is 2. The number of hydrogen-bond acceptors (Lipinski definition) is 6. The summed E-state index contributed by atoms with van der Waals surface area (Å²) in [4.78, 5) is 32.6. The lowest BCUT2D eigenvalue weighted by molar-refractivity contribution is -0.140. The van der Waals surface area contributed by atoms with Gasteiger partial charge in [0.2, 0.25) is 0 Å². The van der Waals surface area contributed by atoms with Crippen molar-refractivity contribution in [1.29, 1.82) is 0 Å². The van der Waals surface area contributed by atoms with Crippen LogP contribution in [0, 0.1) is 12.8 Å². The van der Waals surface area contributed by atoms with Crippen molar-refractivity contribution in [3.63, 3.8) is 0 Å². The van der Waals surface area contributed by atoms with Crippen LogP contribution in [0.5, 0.6) is 0 Å². The molecule has 2 heterocycles. The predicted octanol–water partition coefficient (Wildman–Crippen LogP) is 5.60. The molecule has 0 aliphatic carbocycles. The molecular formula is C27H31ClN4O3. The van der Waals surface area contributed by atoms with E-state index in [-0.39, 0.29) is 30.9 Å². The Labute approximate surface area is 211 Å². The van der Waals surface area contributed by atoms with Crippen molar-refractivity contribution in [3.05, 3.63) is 76.6 Å². The van der Waals surface area contributed by atoms with Gasteiger partial charge in [-0.2, -0.15) is 0 Å². The Balaban J connectivity index is 1.72. The van der Waals surface area contributed by atoms with Gasteiger partial charge in [0.1, 0.15) is 5.82 Å². The largest absolute Gasteiger partial charge is 0.469 e. The number of benzene rings is 1. The van der Waals surface area contributed by atoms with Crippen LogP contribution in [0.3, 0.4) is 0 Å². The standard InChI is InChI=1S/C27H31ClN4O3/c1-17(2)13-23(21-14-18(3)26(31-16-21)19-5-8-22(28)9-6-19)32-24-10-7-20(15-30-24)27(34)29-12-11-25(33)35-4/h5-10,14-17,23H,11-13H2,1-4H3,(H,29,34)(H,30,32). The minimum atomic E-state index is -0.370. The quantitative estimate of drug-likeness (QED) is 0.356. The van der Waals surface area contributed by atoms with E-state index in [0.717, 1.165) is 28.8 Å². The zero-order chi connectivity index (χ0) is 25.4. The summed E-state index contributed by atoms with van der Waals surface area (Å²) in [5.74, 6) is 0.458. The number of carbonyl (C=O) groups is 2. The van der Waals surface area contributed by atoms with Crippen LogP contribution < -0.4 is 10.6 Å². The topological polar surface area (TPSA) is 93.2 Å². The first-order valence-corrected chi connectivity index (χ1v) is 11.9. The van der Waals surface area contributed by atoms with E-state index >= 15 is 0 Å². The lowest BCUT2D eigenvalue weighted by Gasteiger charge is -2.22. The van der Waals surface area contributed by atoms with Crippen molar-refractivity contribution >= 4 is 29.3 Å². The Morgan fingerprint density at radius 1 is 1.06 bits per heavy atom. The van der Waals surface area contributed by atoms with E-state index in [1.54, 1.807) is 12.1 Å². The second-order valence-corrected chi connectivity index (χ2v) is 9.22. The Hall–Kier alpha value is -3.45. The molecule has 0 aliphatic rings. The Bertz CT molecular complexity index is 1150. The van der Waals surface area contributed by atoms with Crippen LogP contribution in [-0.2, 0) is 9.53 Å². The molecule has 0 aliphatic heterocycles.